The van der Waals surface area contributed by atoms with Gasteiger partial charge in [-0.1, -0.05) is 6.92 Å². The Morgan fingerprint density at radius 2 is 1.78 bits per heavy atom. The Hall–Kier alpha value is -0.340. The van der Waals surface area contributed by atoms with E-state index in [0.29, 0.717) is 6.42 Å². The van der Waals surface area contributed by atoms with Crippen LogP contribution in [0.15, 0.2) is 0 Å². The quantitative estimate of drug-likeness (QED) is 0.849. The number of rotatable bonds is 4. The van der Waals surface area contributed by atoms with Crippen LogP contribution in [-0.2, 0) is 10.0 Å². The third-order valence-electron chi connectivity index (χ3n) is 3.53. The van der Waals surface area contributed by atoms with E-state index in [0.717, 1.165) is 4.31 Å². The minimum Gasteiger partial charge on any atom is -0.330 e. The fourth-order valence-corrected chi connectivity index (χ4v) is 3.70. The van der Waals surface area contributed by atoms with Gasteiger partial charge >= 0.3 is 6.18 Å². The lowest BCUT2D eigenvalue weighted by molar-refractivity contribution is -0.231. The smallest absolute Gasteiger partial charge is 0.330 e. The summed E-state index contributed by atoms with van der Waals surface area (Å²) < 4.78 is 63.4. The van der Waals surface area contributed by atoms with Gasteiger partial charge in [-0.25, -0.2) is 12.7 Å². The SMILES string of the molecule is CCCS(=O)(=O)N1CCC(CN)(C(F)(F)F)CC1. The molecule has 1 aliphatic rings. The molecule has 0 aliphatic carbocycles. The molecule has 1 fully saturated rings. The minimum absolute atomic E-state index is 0.0192. The van der Waals surface area contributed by atoms with Gasteiger partial charge in [-0.3, -0.25) is 0 Å². The molecule has 0 amide bonds. The van der Waals surface area contributed by atoms with Crippen LogP contribution < -0.4 is 5.73 Å². The van der Waals surface area contributed by atoms with Crippen LogP contribution in [0.1, 0.15) is 26.2 Å². The van der Waals surface area contributed by atoms with Crippen LogP contribution >= 0.6 is 0 Å². The fourth-order valence-electron chi connectivity index (χ4n) is 2.18. The maximum atomic E-state index is 12.9. The maximum absolute atomic E-state index is 12.9. The normalized spacial score (nSPS) is 22.1. The Morgan fingerprint density at radius 1 is 1.28 bits per heavy atom. The molecular weight excluding hydrogens is 269 g/mol. The average Bonchev–Trinajstić information content (AvgIpc) is 2.27. The Labute approximate surface area is 105 Å². The highest BCUT2D eigenvalue weighted by molar-refractivity contribution is 7.89. The minimum atomic E-state index is -4.37. The highest BCUT2D eigenvalue weighted by atomic mass is 32.2. The predicted octanol–water partition coefficient (Wildman–Crippen LogP) is 1.33. The molecule has 2 N–H and O–H groups in total. The van der Waals surface area contributed by atoms with Crippen LogP contribution in [0.2, 0.25) is 0 Å². The van der Waals surface area contributed by atoms with E-state index in [4.69, 9.17) is 5.73 Å². The number of sulfonamides is 1. The lowest BCUT2D eigenvalue weighted by Gasteiger charge is -2.41. The maximum Gasteiger partial charge on any atom is 0.395 e. The van der Waals surface area contributed by atoms with E-state index in [2.05, 4.69) is 0 Å². The number of halogens is 3. The van der Waals surface area contributed by atoms with Crippen molar-refractivity contribution in [1.29, 1.82) is 0 Å². The summed E-state index contributed by atoms with van der Waals surface area (Å²) in [5.74, 6) is -0.0192. The molecule has 0 saturated carbocycles. The van der Waals surface area contributed by atoms with Gasteiger partial charge in [0.25, 0.3) is 0 Å². The van der Waals surface area contributed by atoms with Crippen molar-refractivity contribution in [2.45, 2.75) is 32.4 Å². The van der Waals surface area contributed by atoms with Crippen LogP contribution in [0.25, 0.3) is 0 Å². The largest absolute Gasteiger partial charge is 0.395 e. The van der Waals surface area contributed by atoms with Gasteiger partial charge in [-0.15, -0.1) is 0 Å². The molecule has 4 nitrogen and oxygen atoms in total. The fraction of sp³-hybridized carbons (Fsp3) is 1.00. The van der Waals surface area contributed by atoms with Gasteiger partial charge in [-0.2, -0.15) is 13.2 Å². The topological polar surface area (TPSA) is 63.4 Å². The van der Waals surface area contributed by atoms with Gasteiger partial charge in [0.15, 0.2) is 0 Å². The van der Waals surface area contributed by atoms with Gasteiger partial charge in [-0.05, 0) is 19.3 Å². The van der Waals surface area contributed by atoms with Crippen LogP contribution in [0.3, 0.4) is 0 Å². The standard InChI is InChI=1S/C10H19F3N2O2S/c1-2-7-18(16,17)15-5-3-9(8-14,4-6-15)10(11,12)13/h2-8,14H2,1H3. The molecule has 0 spiro atoms. The first-order valence-electron chi connectivity index (χ1n) is 5.93. The third-order valence-corrected chi connectivity index (χ3v) is 5.60. The van der Waals surface area contributed by atoms with E-state index in [-0.39, 0.29) is 31.7 Å². The lowest BCUT2D eigenvalue weighted by atomic mass is 9.78. The molecule has 0 aromatic heterocycles. The van der Waals surface area contributed by atoms with Crippen molar-refractivity contribution < 1.29 is 21.6 Å². The van der Waals surface area contributed by atoms with Crippen LogP contribution in [0, 0.1) is 5.41 Å². The number of hydrogen-bond acceptors (Lipinski definition) is 3. The molecule has 108 valence electrons. The lowest BCUT2D eigenvalue weighted by Crippen LogP contribution is -2.53. The number of hydrogen-bond donors (Lipinski definition) is 1. The number of piperidine rings is 1. The van der Waals surface area contributed by atoms with E-state index in [1.54, 1.807) is 6.92 Å². The second kappa shape index (κ2) is 5.34. The second-order valence-electron chi connectivity index (χ2n) is 4.70. The Kier molecular flexibility index (Phi) is 4.66. The number of nitrogens with two attached hydrogens (primary N) is 1. The second-order valence-corrected chi connectivity index (χ2v) is 6.79. The van der Waals surface area contributed by atoms with Crippen molar-refractivity contribution in [1.82, 2.24) is 4.31 Å². The van der Waals surface area contributed by atoms with Gasteiger partial charge in [0.05, 0.1) is 11.2 Å². The molecule has 0 aromatic carbocycles. The first-order valence-corrected chi connectivity index (χ1v) is 7.54. The monoisotopic (exact) mass is 288 g/mol. The van der Waals surface area contributed by atoms with Crippen molar-refractivity contribution in [3.8, 4) is 0 Å². The highest BCUT2D eigenvalue weighted by Crippen LogP contribution is 2.45. The zero-order chi connectivity index (χ0) is 14.0. The molecule has 8 heteroatoms. The molecule has 0 aromatic rings. The summed E-state index contributed by atoms with van der Waals surface area (Å²) in [4.78, 5) is 0. The van der Waals surface area contributed by atoms with Crippen LogP contribution in [-0.4, -0.2) is 44.3 Å². The summed E-state index contributed by atoms with van der Waals surface area (Å²) in [7, 11) is -3.41. The molecule has 1 rings (SSSR count). The Bertz CT molecular complexity index is 373. The number of alkyl halides is 3. The molecule has 1 saturated heterocycles. The Balaban J connectivity index is 2.77. The van der Waals surface area contributed by atoms with Crippen molar-refractivity contribution in [2.75, 3.05) is 25.4 Å². The van der Waals surface area contributed by atoms with Gasteiger partial charge in [0.2, 0.25) is 10.0 Å². The summed E-state index contributed by atoms with van der Waals surface area (Å²) in [5.41, 5.74) is 3.32. The van der Waals surface area contributed by atoms with Crippen molar-refractivity contribution >= 4 is 10.0 Å². The van der Waals surface area contributed by atoms with E-state index >= 15 is 0 Å². The summed E-state index contributed by atoms with van der Waals surface area (Å²) in [6.07, 6.45) is -4.42. The predicted molar refractivity (Wildman–Crippen MR) is 62.4 cm³/mol. The Morgan fingerprint density at radius 3 is 2.11 bits per heavy atom. The van der Waals surface area contributed by atoms with E-state index in [1.165, 1.54) is 0 Å². The number of nitrogens with zero attached hydrogens (tertiary/aromatic N) is 1. The summed E-state index contributed by atoms with van der Waals surface area (Å²) in [5, 5.41) is 0. The van der Waals surface area contributed by atoms with E-state index in [9.17, 15) is 21.6 Å². The molecule has 1 heterocycles. The van der Waals surface area contributed by atoms with Crippen LogP contribution in [0.5, 0.6) is 0 Å². The molecule has 0 atom stereocenters. The summed E-state index contributed by atoms with van der Waals surface area (Å²) in [6, 6.07) is 0. The van der Waals surface area contributed by atoms with Crippen molar-refractivity contribution in [3.63, 3.8) is 0 Å². The van der Waals surface area contributed by atoms with E-state index in [1.807, 2.05) is 0 Å². The van der Waals surface area contributed by atoms with E-state index < -0.39 is 28.2 Å². The van der Waals surface area contributed by atoms with Crippen molar-refractivity contribution in [3.05, 3.63) is 0 Å². The van der Waals surface area contributed by atoms with Gasteiger partial charge in [0.1, 0.15) is 0 Å². The van der Waals surface area contributed by atoms with Gasteiger partial charge in [0, 0.05) is 19.6 Å². The molecule has 0 unspecified atom stereocenters. The zero-order valence-corrected chi connectivity index (χ0v) is 11.1. The van der Waals surface area contributed by atoms with Gasteiger partial charge < -0.3 is 5.73 Å². The first-order chi connectivity index (χ1) is 8.18. The zero-order valence-electron chi connectivity index (χ0n) is 10.3. The molecule has 1 aliphatic heterocycles. The molecule has 18 heavy (non-hydrogen) atoms. The first kappa shape index (κ1) is 15.7. The van der Waals surface area contributed by atoms with Crippen LogP contribution in [0.4, 0.5) is 13.2 Å². The third kappa shape index (κ3) is 2.97. The molecule has 0 bridgehead atoms. The van der Waals surface area contributed by atoms with Crippen molar-refractivity contribution in [2.24, 2.45) is 11.1 Å². The average molecular weight is 288 g/mol. The molecule has 0 radical (unpaired) electrons. The molecular formula is C10H19F3N2O2S. The highest BCUT2D eigenvalue weighted by Gasteiger charge is 2.55. The summed E-state index contributed by atoms with van der Waals surface area (Å²) in [6.45, 7) is 1.04. The summed E-state index contributed by atoms with van der Waals surface area (Å²) >= 11 is 0.